The molecule has 1 fully saturated rings. The lowest BCUT2D eigenvalue weighted by Crippen LogP contribution is -2.49. The monoisotopic (exact) mass is 391 g/mol. The summed E-state index contributed by atoms with van der Waals surface area (Å²) in [6.07, 6.45) is 0. The molecule has 5 nitrogen and oxygen atoms in total. The number of benzene rings is 2. The summed E-state index contributed by atoms with van der Waals surface area (Å²) in [4.78, 5) is 16.3. The van der Waals surface area contributed by atoms with E-state index in [2.05, 4.69) is 10.8 Å². The number of hydrogen-bond donors (Lipinski definition) is 0. The molecule has 27 heavy (non-hydrogen) atoms. The van der Waals surface area contributed by atoms with E-state index in [0.29, 0.717) is 36.8 Å². The normalized spacial score (nSPS) is 14.2. The number of amides is 1. The number of carbonyl (C=O) groups is 1. The highest BCUT2D eigenvalue weighted by molar-refractivity contribution is 6.30. The molecular formula is C19H16ClF2N3O2. The maximum atomic E-state index is 12.7. The van der Waals surface area contributed by atoms with Crippen LogP contribution >= 0.6 is 11.6 Å². The van der Waals surface area contributed by atoms with Crippen LogP contribution < -0.4 is 9.64 Å². The Balaban J connectivity index is 1.71. The lowest BCUT2D eigenvalue weighted by atomic mass is 10.1. The first kappa shape index (κ1) is 18.9. The van der Waals surface area contributed by atoms with E-state index in [1.54, 1.807) is 29.2 Å². The van der Waals surface area contributed by atoms with Gasteiger partial charge in [0.1, 0.15) is 11.8 Å². The molecule has 0 aromatic heterocycles. The maximum absolute atomic E-state index is 12.7. The Hall–Kier alpha value is -2.85. The van der Waals surface area contributed by atoms with Gasteiger partial charge in [0.05, 0.1) is 16.8 Å². The number of piperazine rings is 1. The number of halogens is 3. The number of nitrogens with zero attached hydrogens (tertiary/aromatic N) is 3. The van der Waals surface area contributed by atoms with Gasteiger partial charge >= 0.3 is 6.61 Å². The molecule has 0 radical (unpaired) electrons. The molecule has 3 rings (SSSR count). The number of anilines is 1. The van der Waals surface area contributed by atoms with Crippen LogP contribution in [0, 0.1) is 11.3 Å². The number of nitriles is 1. The van der Waals surface area contributed by atoms with Crippen LogP contribution in [0.15, 0.2) is 42.5 Å². The van der Waals surface area contributed by atoms with Gasteiger partial charge in [-0.25, -0.2) is 0 Å². The van der Waals surface area contributed by atoms with Gasteiger partial charge in [0, 0.05) is 31.2 Å². The zero-order valence-electron chi connectivity index (χ0n) is 14.2. The average molecular weight is 392 g/mol. The predicted molar refractivity (Wildman–Crippen MR) is 97.4 cm³/mol. The minimum Gasteiger partial charge on any atom is -0.434 e. The molecule has 1 heterocycles. The minimum absolute atomic E-state index is 0.107. The molecule has 0 spiro atoms. The van der Waals surface area contributed by atoms with Crippen molar-refractivity contribution >= 4 is 23.2 Å². The number of para-hydroxylation sites is 1. The highest BCUT2D eigenvalue weighted by Gasteiger charge is 2.26. The Bertz CT molecular complexity index is 877. The summed E-state index contributed by atoms with van der Waals surface area (Å²) in [5.74, 6) is -0.494. The molecule has 2 aromatic carbocycles. The molecule has 0 saturated carbocycles. The molecule has 0 N–H and O–H groups in total. The zero-order chi connectivity index (χ0) is 19.4. The van der Waals surface area contributed by atoms with E-state index >= 15 is 0 Å². The quantitative estimate of drug-likeness (QED) is 0.796. The summed E-state index contributed by atoms with van der Waals surface area (Å²) < 4.78 is 29.6. The molecule has 0 bridgehead atoms. The Labute approximate surface area is 160 Å². The molecule has 1 aliphatic rings. The van der Waals surface area contributed by atoms with Crippen molar-refractivity contribution in [3.05, 3.63) is 58.6 Å². The summed E-state index contributed by atoms with van der Waals surface area (Å²) in [5, 5.41) is 9.78. The van der Waals surface area contributed by atoms with Crippen LogP contribution in [0.1, 0.15) is 15.9 Å². The second-order valence-corrected chi connectivity index (χ2v) is 6.36. The van der Waals surface area contributed by atoms with Crippen LogP contribution in [0.4, 0.5) is 14.5 Å². The third-order valence-electron chi connectivity index (χ3n) is 4.32. The van der Waals surface area contributed by atoms with Crippen molar-refractivity contribution in [3.8, 4) is 11.8 Å². The Kier molecular flexibility index (Phi) is 5.77. The van der Waals surface area contributed by atoms with Crippen LogP contribution in [0.25, 0.3) is 0 Å². The molecule has 140 valence electrons. The number of rotatable bonds is 4. The van der Waals surface area contributed by atoms with Crippen LogP contribution in [-0.4, -0.2) is 43.6 Å². The fourth-order valence-electron chi connectivity index (χ4n) is 3.04. The second kappa shape index (κ2) is 8.23. The van der Waals surface area contributed by atoms with Gasteiger partial charge in [0.25, 0.3) is 5.91 Å². The van der Waals surface area contributed by atoms with Gasteiger partial charge in [0.2, 0.25) is 0 Å². The summed E-state index contributed by atoms with van der Waals surface area (Å²) in [6.45, 7) is -1.17. The molecule has 0 unspecified atom stereocenters. The van der Waals surface area contributed by atoms with E-state index in [1.165, 1.54) is 18.2 Å². The van der Waals surface area contributed by atoms with Gasteiger partial charge in [-0.15, -0.1) is 0 Å². The van der Waals surface area contributed by atoms with Crippen molar-refractivity contribution < 1.29 is 18.3 Å². The summed E-state index contributed by atoms with van der Waals surface area (Å²) in [7, 11) is 0. The van der Waals surface area contributed by atoms with Crippen LogP contribution in [0.3, 0.4) is 0 Å². The van der Waals surface area contributed by atoms with Crippen molar-refractivity contribution in [1.29, 1.82) is 5.26 Å². The topological polar surface area (TPSA) is 56.6 Å². The lowest BCUT2D eigenvalue weighted by Gasteiger charge is -2.36. The molecule has 1 amide bonds. The molecule has 0 aliphatic carbocycles. The van der Waals surface area contributed by atoms with Crippen LogP contribution in [0.2, 0.25) is 5.02 Å². The van der Waals surface area contributed by atoms with Gasteiger partial charge in [-0.05, 0) is 30.3 Å². The standard InChI is InChI=1S/C19H16ClF2N3O2/c20-14-5-6-16(13(11-14)12-23)24-7-9-25(10-8-24)18(26)15-3-1-2-4-17(15)27-19(21)22/h1-6,11,19H,7-10H2. The van der Waals surface area contributed by atoms with E-state index in [4.69, 9.17) is 11.6 Å². The first-order valence-corrected chi connectivity index (χ1v) is 8.65. The maximum Gasteiger partial charge on any atom is 0.387 e. The predicted octanol–water partition coefficient (Wildman–Crippen LogP) is 3.78. The first-order valence-electron chi connectivity index (χ1n) is 8.27. The van der Waals surface area contributed by atoms with Gasteiger partial charge in [-0.1, -0.05) is 23.7 Å². The van der Waals surface area contributed by atoms with Crippen molar-refractivity contribution in [1.82, 2.24) is 4.90 Å². The van der Waals surface area contributed by atoms with E-state index in [-0.39, 0.29) is 17.2 Å². The molecule has 1 aliphatic heterocycles. The lowest BCUT2D eigenvalue weighted by molar-refractivity contribution is -0.0502. The Morgan fingerprint density at radius 3 is 2.52 bits per heavy atom. The van der Waals surface area contributed by atoms with E-state index in [9.17, 15) is 18.8 Å². The number of alkyl halides is 2. The SMILES string of the molecule is N#Cc1cc(Cl)ccc1N1CCN(C(=O)c2ccccc2OC(F)F)CC1. The third kappa shape index (κ3) is 4.29. The van der Waals surface area contributed by atoms with Crippen molar-refractivity contribution in [2.75, 3.05) is 31.1 Å². The van der Waals surface area contributed by atoms with Gasteiger partial charge in [0.15, 0.2) is 0 Å². The number of carbonyl (C=O) groups excluding carboxylic acids is 1. The average Bonchev–Trinajstić information content (AvgIpc) is 2.67. The summed E-state index contributed by atoms with van der Waals surface area (Å²) in [6, 6.07) is 13.2. The number of ether oxygens (including phenoxy) is 1. The van der Waals surface area contributed by atoms with E-state index < -0.39 is 6.61 Å². The minimum atomic E-state index is -3.00. The van der Waals surface area contributed by atoms with E-state index in [0.717, 1.165) is 5.69 Å². The highest BCUT2D eigenvalue weighted by atomic mass is 35.5. The van der Waals surface area contributed by atoms with Crippen molar-refractivity contribution in [2.45, 2.75) is 6.61 Å². The Morgan fingerprint density at radius 1 is 1.15 bits per heavy atom. The first-order chi connectivity index (χ1) is 13.0. The van der Waals surface area contributed by atoms with Crippen molar-refractivity contribution in [2.24, 2.45) is 0 Å². The molecule has 2 aromatic rings. The smallest absolute Gasteiger partial charge is 0.387 e. The van der Waals surface area contributed by atoms with Crippen LogP contribution in [0.5, 0.6) is 5.75 Å². The van der Waals surface area contributed by atoms with Gasteiger partial charge in [-0.2, -0.15) is 14.0 Å². The highest BCUT2D eigenvalue weighted by Crippen LogP contribution is 2.26. The molecule has 0 atom stereocenters. The molecular weight excluding hydrogens is 376 g/mol. The van der Waals surface area contributed by atoms with Crippen molar-refractivity contribution in [3.63, 3.8) is 0 Å². The molecule has 8 heteroatoms. The summed E-state index contributed by atoms with van der Waals surface area (Å²) >= 11 is 5.93. The largest absolute Gasteiger partial charge is 0.434 e. The third-order valence-corrected chi connectivity index (χ3v) is 4.56. The van der Waals surface area contributed by atoms with E-state index in [1.807, 2.05) is 4.90 Å². The summed E-state index contributed by atoms with van der Waals surface area (Å²) in [5.41, 5.74) is 1.34. The number of hydrogen-bond acceptors (Lipinski definition) is 4. The zero-order valence-corrected chi connectivity index (χ0v) is 15.0. The van der Waals surface area contributed by atoms with Crippen LogP contribution in [-0.2, 0) is 0 Å². The van der Waals surface area contributed by atoms with Gasteiger partial charge < -0.3 is 14.5 Å². The molecule has 1 saturated heterocycles. The van der Waals surface area contributed by atoms with Gasteiger partial charge in [-0.3, -0.25) is 4.79 Å². The Morgan fingerprint density at radius 2 is 1.85 bits per heavy atom. The fourth-order valence-corrected chi connectivity index (χ4v) is 3.21. The second-order valence-electron chi connectivity index (χ2n) is 5.93. The fraction of sp³-hybridized carbons (Fsp3) is 0.263.